The Morgan fingerprint density at radius 3 is 2.21 bits per heavy atom. The third-order valence-corrected chi connectivity index (χ3v) is 8.66. The maximum absolute atomic E-state index is 13.5. The van der Waals surface area contributed by atoms with E-state index in [1.54, 1.807) is 14.2 Å². The molecule has 0 aliphatic carbocycles. The van der Waals surface area contributed by atoms with Crippen molar-refractivity contribution in [1.82, 2.24) is 10.6 Å². The van der Waals surface area contributed by atoms with Gasteiger partial charge >= 0.3 is 0 Å². The molecule has 1 aliphatic rings. The number of benzene rings is 1. The Morgan fingerprint density at radius 2 is 1.67 bits per heavy atom. The molecule has 1 saturated heterocycles. The van der Waals surface area contributed by atoms with E-state index in [1.165, 1.54) is 0 Å². The minimum atomic E-state index is -0.763. The van der Waals surface area contributed by atoms with Gasteiger partial charge in [0.15, 0.2) is 11.5 Å². The van der Waals surface area contributed by atoms with Gasteiger partial charge in [0, 0.05) is 49.2 Å². The predicted octanol–water partition coefficient (Wildman–Crippen LogP) is 5.09. The molecule has 1 aromatic rings. The van der Waals surface area contributed by atoms with E-state index >= 15 is 0 Å². The van der Waals surface area contributed by atoms with Crippen LogP contribution in [0.3, 0.4) is 0 Å². The largest absolute Gasteiger partial charge is 0.493 e. The second-order valence-corrected chi connectivity index (χ2v) is 14.4. The van der Waals surface area contributed by atoms with Crippen molar-refractivity contribution in [3.63, 3.8) is 0 Å². The van der Waals surface area contributed by atoms with Gasteiger partial charge in [-0.15, -0.1) is 0 Å². The average molecular weight is 592 g/mol. The molecule has 2 rings (SSSR count). The Labute approximate surface area is 255 Å². The molecule has 4 unspecified atom stereocenters. The van der Waals surface area contributed by atoms with Crippen molar-refractivity contribution >= 4 is 5.91 Å². The van der Waals surface area contributed by atoms with Crippen molar-refractivity contribution in [2.45, 2.75) is 123 Å². The molecule has 0 spiro atoms. The molecule has 0 aromatic heterocycles. The van der Waals surface area contributed by atoms with E-state index in [4.69, 9.17) is 19.9 Å². The van der Waals surface area contributed by atoms with Gasteiger partial charge in [-0.3, -0.25) is 4.79 Å². The third kappa shape index (κ3) is 11.7. The van der Waals surface area contributed by atoms with Gasteiger partial charge in [-0.25, -0.2) is 0 Å². The minimum Gasteiger partial charge on any atom is -0.493 e. The van der Waals surface area contributed by atoms with Crippen LogP contribution in [-0.4, -0.2) is 67.7 Å². The summed E-state index contributed by atoms with van der Waals surface area (Å²) in [5, 5.41) is 18.2. The van der Waals surface area contributed by atoms with Gasteiger partial charge in [-0.05, 0) is 95.2 Å². The Hall–Kier alpha value is -1.87. The maximum atomic E-state index is 13.5. The molecule has 1 heterocycles. The van der Waals surface area contributed by atoms with E-state index in [-0.39, 0.29) is 40.8 Å². The number of nitrogens with one attached hydrogen (secondary N) is 2. The molecule has 0 bridgehead atoms. The number of methoxy groups -OCH3 is 2. The van der Waals surface area contributed by atoms with E-state index in [0.717, 1.165) is 37.0 Å². The number of hydrogen-bond acceptors (Lipinski definition) is 7. The van der Waals surface area contributed by atoms with E-state index < -0.39 is 12.1 Å². The molecule has 8 nitrogen and oxygen atoms in total. The number of rotatable bonds is 17. The fraction of sp³-hybridized carbons (Fsp3) is 0.794. The van der Waals surface area contributed by atoms with Crippen molar-refractivity contribution in [1.29, 1.82) is 0 Å². The monoisotopic (exact) mass is 591 g/mol. The lowest BCUT2D eigenvalue weighted by Gasteiger charge is -2.47. The van der Waals surface area contributed by atoms with Crippen molar-refractivity contribution in [3.8, 4) is 11.5 Å². The smallest absolute Gasteiger partial charge is 0.223 e. The number of piperidine rings is 1. The van der Waals surface area contributed by atoms with Crippen molar-refractivity contribution in [2.24, 2.45) is 29.4 Å². The molecular formula is C34H61N3O5. The Kier molecular flexibility index (Phi) is 14.1. The molecule has 4 atom stereocenters. The second kappa shape index (κ2) is 16.3. The zero-order valence-corrected chi connectivity index (χ0v) is 28.1. The van der Waals surface area contributed by atoms with Gasteiger partial charge < -0.3 is 35.7 Å². The first-order chi connectivity index (χ1) is 19.6. The number of ether oxygens (including phenoxy) is 3. The molecule has 0 saturated carbocycles. The number of hydrogen-bond donors (Lipinski definition) is 4. The molecule has 5 N–H and O–H groups in total. The predicted molar refractivity (Wildman–Crippen MR) is 171 cm³/mol. The van der Waals surface area contributed by atoms with Crippen LogP contribution in [0, 0.1) is 23.7 Å². The van der Waals surface area contributed by atoms with Crippen LogP contribution in [0.4, 0.5) is 0 Å². The lowest BCUT2D eigenvalue weighted by Crippen LogP contribution is -2.62. The summed E-state index contributed by atoms with van der Waals surface area (Å²) in [4.78, 5) is 13.5. The summed E-state index contributed by atoms with van der Waals surface area (Å²) in [5.41, 5.74) is 7.67. The van der Waals surface area contributed by atoms with E-state index in [1.807, 2.05) is 26.0 Å². The molecular weight excluding hydrogens is 530 g/mol. The normalized spacial score (nSPS) is 19.8. The standard InChI is InChI=1S/C34H61N3O5/c1-22(2)25(16-24-12-13-30(41-10)31(17-24)42-15-11-14-40-9)18-28(35)29(38)19-27(23(3)4)32(39)36-26-20-33(5,6)37-34(7,8)21-26/h12-13,17,22-23,25-29,37-38H,11,14-16,18-21,35H2,1-10H3,(H,36,39). The van der Waals surface area contributed by atoms with Gasteiger partial charge in [0.1, 0.15) is 0 Å². The van der Waals surface area contributed by atoms with E-state index in [0.29, 0.717) is 37.7 Å². The Balaban J connectivity index is 2.04. The first-order valence-electron chi connectivity index (χ1n) is 15.9. The van der Waals surface area contributed by atoms with Crippen LogP contribution in [0.2, 0.25) is 0 Å². The fourth-order valence-electron chi connectivity index (χ4n) is 6.60. The summed E-state index contributed by atoms with van der Waals surface area (Å²) in [5.74, 6) is 1.87. The minimum absolute atomic E-state index is 0.0198. The lowest BCUT2D eigenvalue weighted by molar-refractivity contribution is -0.129. The van der Waals surface area contributed by atoms with Crippen LogP contribution < -0.4 is 25.8 Å². The number of aliphatic hydroxyl groups excluding tert-OH is 1. The molecule has 8 heteroatoms. The van der Waals surface area contributed by atoms with Gasteiger partial charge in [-0.2, -0.15) is 0 Å². The first kappa shape index (κ1) is 36.3. The molecule has 1 amide bonds. The molecule has 1 aliphatic heterocycles. The summed E-state index contributed by atoms with van der Waals surface area (Å²) >= 11 is 0. The van der Waals surface area contributed by atoms with Crippen molar-refractivity contribution in [3.05, 3.63) is 23.8 Å². The van der Waals surface area contributed by atoms with E-state index in [2.05, 4.69) is 58.2 Å². The number of carbonyl (C=O) groups excluding carboxylic acids is 1. The summed E-state index contributed by atoms with van der Waals surface area (Å²) in [6, 6.07) is 5.74. The number of amides is 1. The van der Waals surface area contributed by atoms with Crippen LogP contribution in [0.5, 0.6) is 11.5 Å². The Morgan fingerprint density at radius 1 is 1.02 bits per heavy atom. The number of carbonyl (C=O) groups is 1. The highest BCUT2D eigenvalue weighted by Gasteiger charge is 2.39. The van der Waals surface area contributed by atoms with Crippen LogP contribution in [0.15, 0.2) is 18.2 Å². The van der Waals surface area contributed by atoms with Gasteiger partial charge in [-0.1, -0.05) is 33.8 Å². The topological polar surface area (TPSA) is 115 Å². The van der Waals surface area contributed by atoms with Crippen LogP contribution >= 0.6 is 0 Å². The highest BCUT2D eigenvalue weighted by Crippen LogP contribution is 2.32. The van der Waals surface area contributed by atoms with Gasteiger partial charge in [0.25, 0.3) is 0 Å². The average Bonchev–Trinajstić information content (AvgIpc) is 2.87. The summed E-state index contributed by atoms with van der Waals surface area (Å²) in [6.07, 6.45) is 3.61. The van der Waals surface area contributed by atoms with Crippen LogP contribution in [-0.2, 0) is 16.0 Å². The molecule has 0 radical (unpaired) electrons. The van der Waals surface area contributed by atoms with Gasteiger partial charge in [0.05, 0.1) is 19.8 Å². The summed E-state index contributed by atoms with van der Waals surface area (Å²) < 4.78 is 16.6. The van der Waals surface area contributed by atoms with Crippen molar-refractivity contribution < 1.29 is 24.1 Å². The summed E-state index contributed by atoms with van der Waals surface area (Å²) in [6.45, 7) is 18.4. The molecule has 42 heavy (non-hydrogen) atoms. The molecule has 1 aromatic carbocycles. The highest BCUT2D eigenvalue weighted by molar-refractivity contribution is 5.79. The number of nitrogens with two attached hydrogens (primary N) is 1. The SMILES string of the molecule is COCCCOc1cc(CC(CC(N)C(O)CC(C(=O)NC2CC(C)(C)NC(C)(C)C2)C(C)C)C(C)C)ccc1OC. The lowest BCUT2D eigenvalue weighted by atomic mass is 9.78. The van der Waals surface area contributed by atoms with Crippen molar-refractivity contribution in [2.75, 3.05) is 27.4 Å². The zero-order valence-electron chi connectivity index (χ0n) is 28.1. The molecule has 242 valence electrons. The molecule has 1 fully saturated rings. The quantitative estimate of drug-likeness (QED) is 0.187. The van der Waals surface area contributed by atoms with Gasteiger partial charge in [0.2, 0.25) is 5.91 Å². The first-order valence-corrected chi connectivity index (χ1v) is 15.9. The highest BCUT2D eigenvalue weighted by atomic mass is 16.5. The summed E-state index contributed by atoms with van der Waals surface area (Å²) in [7, 11) is 3.33. The second-order valence-electron chi connectivity index (χ2n) is 14.4. The fourth-order valence-corrected chi connectivity index (χ4v) is 6.60. The third-order valence-electron chi connectivity index (χ3n) is 8.66. The number of aliphatic hydroxyl groups is 1. The zero-order chi connectivity index (χ0) is 31.7. The van der Waals surface area contributed by atoms with E-state index in [9.17, 15) is 9.90 Å². The van der Waals surface area contributed by atoms with Crippen LogP contribution in [0.1, 0.15) is 93.1 Å². The van der Waals surface area contributed by atoms with Crippen LogP contribution in [0.25, 0.3) is 0 Å². The Bertz CT molecular complexity index is 948. The maximum Gasteiger partial charge on any atom is 0.223 e.